The number of aliphatic hydroxyl groups excluding tert-OH is 1. The first-order chi connectivity index (χ1) is 3.86. The summed E-state index contributed by atoms with van der Waals surface area (Å²) < 4.78 is 3.12. The van der Waals surface area contributed by atoms with Crippen LogP contribution in [0.2, 0.25) is 0 Å². The number of hydrogen-bond acceptors (Lipinski definition) is 2. The third-order valence-electron chi connectivity index (χ3n) is 1.65. The van der Waals surface area contributed by atoms with Gasteiger partial charge in [0.15, 0.2) is 0 Å². The maximum Gasteiger partial charge on any atom is 0.0460 e. The van der Waals surface area contributed by atoms with Crippen molar-refractivity contribution in [1.82, 2.24) is 3.53 Å². The molecular weight excluding hydrogens is 217 g/mol. The summed E-state index contributed by atoms with van der Waals surface area (Å²) in [5.41, 5.74) is 0. The van der Waals surface area contributed by atoms with Gasteiger partial charge in [-0.1, -0.05) is 0 Å². The highest BCUT2D eigenvalue weighted by Gasteiger charge is 2.26. The second-order valence-electron chi connectivity index (χ2n) is 2.33. The van der Waals surface area contributed by atoms with Crippen molar-refractivity contribution in [3.8, 4) is 0 Å². The minimum atomic E-state index is 0.370. The molecular formula is C5H10INO. The summed E-state index contributed by atoms with van der Waals surface area (Å²) in [4.78, 5) is 0. The highest BCUT2D eigenvalue weighted by atomic mass is 127. The van der Waals surface area contributed by atoms with Crippen LogP contribution in [0.4, 0.5) is 0 Å². The molecule has 0 aromatic rings. The summed E-state index contributed by atoms with van der Waals surface area (Å²) in [7, 11) is 0. The van der Waals surface area contributed by atoms with Crippen LogP contribution in [0.1, 0.15) is 12.8 Å². The van der Waals surface area contributed by atoms with Crippen molar-refractivity contribution in [2.45, 2.75) is 18.9 Å². The maximum absolute atomic E-state index is 8.57. The molecule has 0 aromatic carbocycles. The third-order valence-corrected chi connectivity index (χ3v) is 2.53. The Labute approximate surface area is 63.2 Å². The number of hydrogen-bond donors (Lipinski definition) is 2. The van der Waals surface area contributed by atoms with Crippen molar-refractivity contribution >= 4 is 22.9 Å². The topological polar surface area (TPSA) is 32.3 Å². The van der Waals surface area contributed by atoms with Crippen molar-refractivity contribution in [3.63, 3.8) is 0 Å². The molecule has 1 fully saturated rings. The highest BCUT2D eigenvalue weighted by Crippen LogP contribution is 2.26. The van der Waals surface area contributed by atoms with Gasteiger partial charge in [-0.15, -0.1) is 0 Å². The SMILES string of the molecule is OCC1CC(NI)C1. The zero-order chi connectivity index (χ0) is 5.98. The summed E-state index contributed by atoms with van der Waals surface area (Å²) >= 11 is 2.16. The minimum Gasteiger partial charge on any atom is -0.396 e. The first kappa shape index (κ1) is 6.77. The fraction of sp³-hybridized carbons (Fsp3) is 1.00. The lowest BCUT2D eigenvalue weighted by Gasteiger charge is -2.32. The van der Waals surface area contributed by atoms with Crippen LogP contribution < -0.4 is 3.53 Å². The normalized spacial score (nSPS) is 36.8. The molecule has 0 atom stereocenters. The van der Waals surface area contributed by atoms with Crippen LogP contribution in [-0.4, -0.2) is 17.8 Å². The fourth-order valence-corrected chi connectivity index (χ4v) is 1.48. The minimum absolute atomic E-state index is 0.370. The van der Waals surface area contributed by atoms with E-state index in [1.54, 1.807) is 0 Å². The van der Waals surface area contributed by atoms with Crippen molar-refractivity contribution in [1.29, 1.82) is 0 Å². The smallest absolute Gasteiger partial charge is 0.0460 e. The molecule has 1 aliphatic rings. The van der Waals surface area contributed by atoms with E-state index >= 15 is 0 Å². The molecule has 1 saturated carbocycles. The van der Waals surface area contributed by atoms with E-state index < -0.39 is 0 Å². The standard InChI is InChI=1S/C5H10INO/c6-7-5-1-4(2-5)3-8/h4-5,7-8H,1-3H2. The molecule has 0 spiro atoms. The van der Waals surface area contributed by atoms with Crippen LogP contribution in [0.15, 0.2) is 0 Å². The van der Waals surface area contributed by atoms with Gasteiger partial charge < -0.3 is 5.11 Å². The zero-order valence-electron chi connectivity index (χ0n) is 4.60. The summed E-state index contributed by atoms with van der Waals surface area (Å²) in [5.74, 6) is 0.585. The lowest BCUT2D eigenvalue weighted by molar-refractivity contribution is 0.140. The first-order valence-electron chi connectivity index (χ1n) is 2.84. The molecule has 0 heterocycles. The van der Waals surface area contributed by atoms with Gasteiger partial charge in [0, 0.05) is 35.5 Å². The van der Waals surface area contributed by atoms with Crippen molar-refractivity contribution in [2.75, 3.05) is 6.61 Å². The van der Waals surface area contributed by atoms with Crippen LogP contribution in [-0.2, 0) is 0 Å². The number of halogens is 1. The Hall–Kier alpha value is 0.650. The van der Waals surface area contributed by atoms with E-state index in [0.717, 1.165) is 12.8 Å². The quantitative estimate of drug-likeness (QED) is 0.537. The molecule has 3 heteroatoms. The molecule has 0 bridgehead atoms. The molecule has 0 unspecified atom stereocenters. The monoisotopic (exact) mass is 227 g/mol. The molecule has 1 rings (SSSR count). The van der Waals surface area contributed by atoms with Crippen LogP contribution in [0, 0.1) is 5.92 Å². The van der Waals surface area contributed by atoms with Crippen molar-refractivity contribution in [3.05, 3.63) is 0 Å². The first-order valence-corrected chi connectivity index (χ1v) is 3.91. The van der Waals surface area contributed by atoms with Crippen molar-refractivity contribution in [2.24, 2.45) is 5.92 Å². The van der Waals surface area contributed by atoms with E-state index in [9.17, 15) is 0 Å². The molecule has 0 aliphatic heterocycles. The van der Waals surface area contributed by atoms with Gasteiger partial charge in [-0.2, -0.15) is 0 Å². The van der Waals surface area contributed by atoms with E-state index in [0.29, 0.717) is 18.6 Å². The van der Waals surface area contributed by atoms with Gasteiger partial charge in [0.05, 0.1) is 0 Å². The van der Waals surface area contributed by atoms with Gasteiger partial charge in [-0.3, -0.25) is 3.53 Å². The average molecular weight is 227 g/mol. The van der Waals surface area contributed by atoms with Crippen LogP contribution in [0.25, 0.3) is 0 Å². The second kappa shape index (κ2) is 2.98. The van der Waals surface area contributed by atoms with Crippen LogP contribution >= 0.6 is 22.9 Å². The summed E-state index contributed by atoms with van der Waals surface area (Å²) in [5, 5.41) is 8.57. The van der Waals surface area contributed by atoms with Gasteiger partial charge >= 0.3 is 0 Å². The Morgan fingerprint density at radius 3 is 2.62 bits per heavy atom. The molecule has 2 nitrogen and oxygen atoms in total. The van der Waals surface area contributed by atoms with E-state index in [2.05, 4.69) is 26.4 Å². The van der Waals surface area contributed by atoms with Crippen LogP contribution in [0.3, 0.4) is 0 Å². The predicted octanol–water partition coefficient (Wildman–Crippen LogP) is 0.697. The van der Waals surface area contributed by atoms with Gasteiger partial charge in [0.2, 0.25) is 0 Å². The Kier molecular flexibility index (Phi) is 2.52. The Morgan fingerprint density at radius 1 is 1.62 bits per heavy atom. The molecule has 0 radical (unpaired) electrons. The Morgan fingerprint density at radius 2 is 2.25 bits per heavy atom. The van der Waals surface area contributed by atoms with Crippen LogP contribution in [0.5, 0.6) is 0 Å². The summed E-state index contributed by atoms with van der Waals surface area (Å²) in [6.45, 7) is 0.370. The molecule has 8 heavy (non-hydrogen) atoms. The van der Waals surface area contributed by atoms with Gasteiger partial charge in [-0.25, -0.2) is 0 Å². The fourth-order valence-electron chi connectivity index (χ4n) is 0.974. The Bertz CT molecular complexity index is 64.8. The van der Waals surface area contributed by atoms with Gasteiger partial charge in [-0.05, 0) is 18.8 Å². The average Bonchev–Trinajstić information content (AvgIpc) is 1.65. The van der Waals surface area contributed by atoms with E-state index in [1.165, 1.54) is 0 Å². The Balaban J connectivity index is 2.03. The molecule has 0 amide bonds. The van der Waals surface area contributed by atoms with Gasteiger partial charge in [0.25, 0.3) is 0 Å². The summed E-state index contributed by atoms with van der Waals surface area (Å²) in [6, 6.07) is 0.674. The second-order valence-corrected chi connectivity index (χ2v) is 2.95. The molecule has 1 aliphatic carbocycles. The lowest BCUT2D eigenvalue weighted by Crippen LogP contribution is -2.37. The molecule has 48 valence electrons. The van der Waals surface area contributed by atoms with Crippen molar-refractivity contribution < 1.29 is 5.11 Å². The zero-order valence-corrected chi connectivity index (χ0v) is 6.76. The summed E-state index contributed by atoms with van der Waals surface area (Å²) in [6.07, 6.45) is 2.30. The molecule has 2 N–H and O–H groups in total. The maximum atomic E-state index is 8.57. The molecule has 0 saturated heterocycles. The molecule has 0 aromatic heterocycles. The predicted molar refractivity (Wildman–Crippen MR) is 40.8 cm³/mol. The third kappa shape index (κ3) is 1.33. The van der Waals surface area contributed by atoms with E-state index in [4.69, 9.17) is 5.11 Å². The number of nitrogens with one attached hydrogen (secondary N) is 1. The largest absolute Gasteiger partial charge is 0.396 e. The van der Waals surface area contributed by atoms with Gasteiger partial charge in [0.1, 0.15) is 0 Å². The number of rotatable bonds is 2. The van der Waals surface area contributed by atoms with E-state index in [1.807, 2.05) is 0 Å². The lowest BCUT2D eigenvalue weighted by atomic mass is 9.82. The van der Waals surface area contributed by atoms with E-state index in [-0.39, 0.29) is 0 Å². The highest BCUT2D eigenvalue weighted by molar-refractivity contribution is 14.1. The number of aliphatic hydroxyl groups is 1.